The Hall–Kier alpha value is -1.81. The van der Waals surface area contributed by atoms with Crippen molar-refractivity contribution in [1.29, 1.82) is 0 Å². The van der Waals surface area contributed by atoms with E-state index in [1.54, 1.807) is 6.20 Å². The number of aromatic nitrogens is 2. The molecule has 0 saturated heterocycles. The monoisotopic (exact) mass is 276 g/mol. The lowest BCUT2D eigenvalue weighted by molar-refractivity contribution is 0.687. The van der Waals surface area contributed by atoms with E-state index in [1.807, 2.05) is 30.3 Å². The van der Waals surface area contributed by atoms with Crippen molar-refractivity contribution in [2.75, 3.05) is 17.2 Å². The van der Waals surface area contributed by atoms with E-state index in [2.05, 4.69) is 34.4 Å². The molecule has 0 fully saturated rings. The summed E-state index contributed by atoms with van der Waals surface area (Å²) in [6, 6.07) is 9.31. The summed E-state index contributed by atoms with van der Waals surface area (Å²) < 4.78 is 0. The Morgan fingerprint density at radius 3 is 2.84 bits per heavy atom. The molecule has 19 heavy (non-hydrogen) atoms. The highest BCUT2D eigenvalue weighted by Crippen LogP contribution is 2.18. The highest BCUT2D eigenvalue weighted by atomic mass is 35.5. The zero-order valence-electron chi connectivity index (χ0n) is 11.0. The van der Waals surface area contributed by atoms with Crippen LogP contribution in [0.2, 0.25) is 5.02 Å². The number of hydrogen-bond donors (Lipinski definition) is 2. The third-order valence-corrected chi connectivity index (χ3v) is 2.66. The molecule has 5 heteroatoms. The third-order valence-electron chi connectivity index (χ3n) is 2.43. The number of benzene rings is 1. The summed E-state index contributed by atoms with van der Waals surface area (Å²) in [6.07, 6.45) is 1.72. The molecule has 2 rings (SSSR count). The van der Waals surface area contributed by atoms with Crippen LogP contribution < -0.4 is 10.6 Å². The standard InChI is InChI=1S/C14H17ClN4/c1-10(2)9-17-13-6-7-16-14(19-13)18-12-5-3-4-11(15)8-12/h3-8,10H,9H2,1-2H3,(H2,16,17,18,19). The van der Waals surface area contributed by atoms with E-state index < -0.39 is 0 Å². The van der Waals surface area contributed by atoms with E-state index in [-0.39, 0.29) is 0 Å². The van der Waals surface area contributed by atoms with Crippen molar-refractivity contribution in [3.63, 3.8) is 0 Å². The fourth-order valence-corrected chi connectivity index (χ4v) is 1.71. The lowest BCUT2D eigenvalue weighted by atomic mass is 10.2. The average Bonchev–Trinajstić information content (AvgIpc) is 2.37. The van der Waals surface area contributed by atoms with Gasteiger partial charge in [-0.25, -0.2) is 4.98 Å². The first-order chi connectivity index (χ1) is 9.13. The van der Waals surface area contributed by atoms with Crippen molar-refractivity contribution in [2.24, 2.45) is 5.92 Å². The molecular formula is C14H17ClN4. The minimum atomic E-state index is 0.552. The van der Waals surface area contributed by atoms with Gasteiger partial charge in [0.1, 0.15) is 5.82 Å². The Morgan fingerprint density at radius 2 is 2.11 bits per heavy atom. The van der Waals surface area contributed by atoms with Crippen molar-refractivity contribution < 1.29 is 0 Å². The molecule has 0 radical (unpaired) electrons. The van der Waals surface area contributed by atoms with Gasteiger partial charge in [-0.15, -0.1) is 0 Å². The summed E-state index contributed by atoms with van der Waals surface area (Å²) in [5.74, 6) is 1.93. The summed E-state index contributed by atoms with van der Waals surface area (Å²) in [5, 5.41) is 7.07. The topological polar surface area (TPSA) is 49.8 Å². The lowest BCUT2D eigenvalue weighted by Gasteiger charge is -2.10. The van der Waals surface area contributed by atoms with Gasteiger partial charge < -0.3 is 10.6 Å². The molecule has 0 unspecified atom stereocenters. The molecule has 0 atom stereocenters. The number of nitrogens with zero attached hydrogens (tertiary/aromatic N) is 2. The van der Waals surface area contributed by atoms with Gasteiger partial charge in [0.05, 0.1) is 0 Å². The second kappa shape index (κ2) is 6.38. The molecule has 100 valence electrons. The summed E-state index contributed by atoms with van der Waals surface area (Å²) in [4.78, 5) is 8.58. The van der Waals surface area contributed by atoms with E-state index >= 15 is 0 Å². The van der Waals surface area contributed by atoms with Gasteiger partial charge in [-0.3, -0.25) is 0 Å². The van der Waals surface area contributed by atoms with Crippen molar-refractivity contribution in [3.8, 4) is 0 Å². The van der Waals surface area contributed by atoms with Gasteiger partial charge in [0.25, 0.3) is 0 Å². The SMILES string of the molecule is CC(C)CNc1ccnc(Nc2cccc(Cl)c2)n1. The maximum Gasteiger partial charge on any atom is 0.229 e. The Kier molecular flexibility index (Phi) is 4.58. The predicted molar refractivity (Wildman–Crippen MR) is 80.1 cm³/mol. The number of rotatable bonds is 5. The van der Waals surface area contributed by atoms with Gasteiger partial charge in [0.2, 0.25) is 5.95 Å². The van der Waals surface area contributed by atoms with Gasteiger partial charge in [-0.05, 0) is 30.2 Å². The zero-order chi connectivity index (χ0) is 13.7. The third kappa shape index (κ3) is 4.41. The molecule has 0 aliphatic heterocycles. The van der Waals surface area contributed by atoms with Crippen LogP contribution in [0.4, 0.5) is 17.5 Å². The molecule has 1 heterocycles. The maximum absolute atomic E-state index is 5.93. The van der Waals surface area contributed by atoms with E-state index in [4.69, 9.17) is 11.6 Å². The van der Waals surface area contributed by atoms with Gasteiger partial charge in [0, 0.05) is 23.5 Å². The van der Waals surface area contributed by atoms with Crippen LogP contribution in [-0.2, 0) is 0 Å². The molecule has 0 aliphatic rings. The first-order valence-corrected chi connectivity index (χ1v) is 6.61. The van der Waals surface area contributed by atoms with Gasteiger partial charge in [0.15, 0.2) is 0 Å². The van der Waals surface area contributed by atoms with E-state index in [0.29, 0.717) is 16.9 Å². The van der Waals surface area contributed by atoms with Crippen LogP contribution in [0.15, 0.2) is 36.5 Å². The van der Waals surface area contributed by atoms with Crippen molar-refractivity contribution >= 4 is 29.1 Å². The predicted octanol–water partition coefficient (Wildman–Crippen LogP) is 3.94. The number of nitrogens with one attached hydrogen (secondary N) is 2. The quantitative estimate of drug-likeness (QED) is 0.868. The molecule has 2 N–H and O–H groups in total. The largest absolute Gasteiger partial charge is 0.370 e. The summed E-state index contributed by atoms with van der Waals surface area (Å²) in [5.41, 5.74) is 0.869. The van der Waals surface area contributed by atoms with Crippen LogP contribution in [0.1, 0.15) is 13.8 Å². The Labute approximate surface area is 118 Å². The lowest BCUT2D eigenvalue weighted by Crippen LogP contribution is -2.10. The minimum Gasteiger partial charge on any atom is -0.370 e. The average molecular weight is 277 g/mol. The number of halogens is 1. The molecule has 4 nitrogen and oxygen atoms in total. The van der Waals surface area contributed by atoms with Crippen molar-refractivity contribution in [2.45, 2.75) is 13.8 Å². The number of anilines is 3. The molecule has 0 aliphatic carbocycles. The Bertz CT molecular complexity index is 542. The zero-order valence-corrected chi connectivity index (χ0v) is 11.8. The highest BCUT2D eigenvalue weighted by molar-refractivity contribution is 6.30. The highest BCUT2D eigenvalue weighted by Gasteiger charge is 2.01. The first kappa shape index (κ1) is 13.6. The molecule has 0 spiro atoms. The number of hydrogen-bond acceptors (Lipinski definition) is 4. The molecular weight excluding hydrogens is 260 g/mol. The minimum absolute atomic E-state index is 0.552. The molecule has 1 aromatic heterocycles. The smallest absolute Gasteiger partial charge is 0.229 e. The van der Waals surface area contributed by atoms with Crippen molar-refractivity contribution in [1.82, 2.24) is 9.97 Å². The van der Waals surface area contributed by atoms with Gasteiger partial charge in [-0.2, -0.15) is 4.98 Å². The van der Waals surface area contributed by atoms with Gasteiger partial charge in [-0.1, -0.05) is 31.5 Å². The van der Waals surface area contributed by atoms with Crippen LogP contribution in [0.5, 0.6) is 0 Å². The molecule has 0 saturated carbocycles. The van der Waals surface area contributed by atoms with Crippen LogP contribution >= 0.6 is 11.6 Å². The van der Waals surface area contributed by atoms with Crippen LogP contribution in [0.25, 0.3) is 0 Å². The molecule has 0 amide bonds. The second-order valence-electron chi connectivity index (χ2n) is 4.68. The normalized spacial score (nSPS) is 10.5. The molecule has 1 aromatic carbocycles. The summed E-state index contributed by atoms with van der Waals surface area (Å²) in [6.45, 7) is 5.19. The van der Waals surface area contributed by atoms with E-state index in [1.165, 1.54) is 0 Å². The van der Waals surface area contributed by atoms with Gasteiger partial charge >= 0.3 is 0 Å². The van der Waals surface area contributed by atoms with Crippen LogP contribution in [-0.4, -0.2) is 16.5 Å². The molecule has 0 bridgehead atoms. The molecule has 2 aromatic rings. The second-order valence-corrected chi connectivity index (χ2v) is 5.11. The summed E-state index contributed by atoms with van der Waals surface area (Å²) >= 11 is 5.93. The summed E-state index contributed by atoms with van der Waals surface area (Å²) in [7, 11) is 0. The fourth-order valence-electron chi connectivity index (χ4n) is 1.52. The van der Waals surface area contributed by atoms with Crippen LogP contribution in [0.3, 0.4) is 0 Å². The fraction of sp³-hybridized carbons (Fsp3) is 0.286. The Morgan fingerprint density at radius 1 is 1.26 bits per heavy atom. The van der Waals surface area contributed by atoms with Crippen LogP contribution in [0, 0.1) is 5.92 Å². The maximum atomic E-state index is 5.93. The van der Waals surface area contributed by atoms with E-state index in [0.717, 1.165) is 18.1 Å². The Balaban J connectivity index is 2.06. The first-order valence-electron chi connectivity index (χ1n) is 6.23. The van der Waals surface area contributed by atoms with E-state index in [9.17, 15) is 0 Å². The van der Waals surface area contributed by atoms with Crippen molar-refractivity contribution in [3.05, 3.63) is 41.6 Å².